The van der Waals surface area contributed by atoms with Gasteiger partial charge in [-0.2, -0.15) is 0 Å². The van der Waals surface area contributed by atoms with Crippen LogP contribution in [0, 0.1) is 0 Å². The Labute approximate surface area is 104 Å². The highest BCUT2D eigenvalue weighted by molar-refractivity contribution is 5.82. The number of hydrogen-bond acceptors (Lipinski definition) is 4. The van der Waals surface area contributed by atoms with Crippen LogP contribution in [-0.4, -0.2) is 32.6 Å². The number of furan rings is 1. The van der Waals surface area contributed by atoms with Crippen LogP contribution in [0.2, 0.25) is 0 Å². The molecule has 0 fully saturated rings. The fraction of sp³-hybridized carbons (Fsp3) is 0.417. The number of likely N-dealkylation sites (N-methyl/N-ethyl adjacent to an activating group) is 1. The largest absolute Gasteiger partial charge is 0.461 e. The molecule has 2 aromatic heterocycles. The average molecular weight is 246 g/mol. The molecule has 0 N–H and O–H groups in total. The molecular weight excluding hydrogens is 232 g/mol. The first-order valence-electron chi connectivity index (χ1n) is 5.86. The topological polar surface area (TPSA) is 64.2 Å². The van der Waals surface area contributed by atoms with Crippen molar-refractivity contribution in [3.8, 4) is 11.6 Å². The van der Waals surface area contributed by atoms with Crippen LogP contribution >= 0.6 is 0 Å². The van der Waals surface area contributed by atoms with Gasteiger partial charge in [0.05, 0.1) is 12.3 Å². The van der Waals surface area contributed by atoms with Crippen molar-refractivity contribution in [2.45, 2.75) is 25.9 Å². The van der Waals surface area contributed by atoms with E-state index >= 15 is 0 Å². The molecule has 94 valence electrons. The number of carbonyl (C=O) groups is 1. The minimum Gasteiger partial charge on any atom is -0.461 e. The third-order valence-corrected chi connectivity index (χ3v) is 3.51. The Bertz CT molecular complexity index is 587. The van der Waals surface area contributed by atoms with Crippen LogP contribution in [0.25, 0.3) is 11.6 Å². The molecule has 1 aliphatic heterocycles. The molecule has 0 saturated carbocycles. The van der Waals surface area contributed by atoms with Gasteiger partial charge in [0, 0.05) is 7.05 Å². The second-order valence-corrected chi connectivity index (χ2v) is 4.53. The molecular formula is C12H14N4O2. The molecule has 0 aromatic carbocycles. The highest BCUT2D eigenvalue weighted by Crippen LogP contribution is 2.33. The number of carbonyl (C=O) groups excluding carboxylic acids is 1. The minimum absolute atomic E-state index is 0.0580. The van der Waals surface area contributed by atoms with Crippen LogP contribution < -0.4 is 0 Å². The van der Waals surface area contributed by atoms with Gasteiger partial charge in [-0.25, -0.2) is 0 Å². The van der Waals surface area contributed by atoms with E-state index < -0.39 is 0 Å². The van der Waals surface area contributed by atoms with Crippen LogP contribution in [0.4, 0.5) is 0 Å². The number of nitrogens with zero attached hydrogens (tertiary/aromatic N) is 4. The summed E-state index contributed by atoms with van der Waals surface area (Å²) in [5.41, 5.74) is 0. The molecule has 0 aliphatic carbocycles. The first kappa shape index (κ1) is 11.0. The fourth-order valence-corrected chi connectivity index (χ4v) is 2.31. The lowest BCUT2D eigenvalue weighted by molar-refractivity contribution is -0.137. The average Bonchev–Trinajstić information content (AvgIpc) is 3.01. The maximum atomic E-state index is 12.1. The summed E-state index contributed by atoms with van der Waals surface area (Å²) in [4.78, 5) is 13.8. The number of amides is 1. The van der Waals surface area contributed by atoms with Crippen molar-refractivity contribution in [2.75, 3.05) is 7.05 Å². The zero-order valence-corrected chi connectivity index (χ0v) is 10.5. The van der Waals surface area contributed by atoms with Crippen molar-refractivity contribution in [1.29, 1.82) is 0 Å². The normalized spacial score (nSPS) is 23.3. The van der Waals surface area contributed by atoms with Gasteiger partial charge >= 0.3 is 0 Å². The monoisotopic (exact) mass is 246 g/mol. The van der Waals surface area contributed by atoms with E-state index in [-0.39, 0.29) is 18.0 Å². The van der Waals surface area contributed by atoms with Gasteiger partial charge in [0.2, 0.25) is 11.7 Å². The van der Waals surface area contributed by atoms with Crippen molar-refractivity contribution in [3.05, 3.63) is 24.2 Å². The summed E-state index contributed by atoms with van der Waals surface area (Å²) in [5.74, 6) is 2.08. The zero-order chi connectivity index (χ0) is 12.9. The number of aromatic nitrogens is 3. The predicted octanol–water partition coefficient (Wildman–Crippen LogP) is 1.63. The molecule has 3 rings (SSSR count). The van der Waals surface area contributed by atoms with E-state index in [4.69, 9.17) is 4.42 Å². The smallest absolute Gasteiger partial charge is 0.245 e. The summed E-state index contributed by atoms with van der Waals surface area (Å²) >= 11 is 0. The van der Waals surface area contributed by atoms with Gasteiger partial charge in [-0.3, -0.25) is 9.36 Å². The maximum Gasteiger partial charge on any atom is 0.245 e. The molecule has 2 atom stereocenters. The van der Waals surface area contributed by atoms with E-state index in [1.807, 2.05) is 24.5 Å². The van der Waals surface area contributed by atoms with Crippen LogP contribution in [0.3, 0.4) is 0 Å². The van der Waals surface area contributed by atoms with Crippen LogP contribution in [0.15, 0.2) is 22.8 Å². The van der Waals surface area contributed by atoms with E-state index in [9.17, 15) is 4.79 Å². The van der Waals surface area contributed by atoms with E-state index in [0.29, 0.717) is 11.6 Å². The first-order chi connectivity index (χ1) is 8.61. The Morgan fingerprint density at radius 2 is 2.06 bits per heavy atom. The fourth-order valence-electron chi connectivity index (χ4n) is 2.31. The van der Waals surface area contributed by atoms with Crippen molar-refractivity contribution >= 4 is 5.91 Å². The Kier molecular flexibility index (Phi) is 2.26. The van der Waals surface area contributed by atoms with Crippen molar-refractivity contribution < 1.29 is 9.21 Å². The highest BCUT2D eigenvalue weighted by atomic mass is 16.3. The van der Waals surface area contributed by atoms with Gasteiger partial charge in [0.15, 0.2) is 11.6 Å². The quantitative estimate of drug-likeness (QED) is 0.767. The molecule has 0 saturated heterocycles. The summed E-state index contributed by atoms with van der Waals surface area (Å²) in [6.07, 6.45) is 1.59. The van der Waals surface area contributed by atoms with E-state index in [1.54, 1.807) is 24.3 Å². The maximum absolute atomic E-state index is 12.1. The van der Waals surface area contributed by atoms with Gasteiger partial charge in [0.25, 0.3) is 0 Å². The second-order valence-electron chi connectivity index (χ2n) is 4.53. The van der Waals surface area contributed by atoms with Gasteiger partial charge in [-0.15, -0.1) is 10.2 Å². The van der Waals surface area contributed by atoms with E-state index in [1.165, 1.54) is 0 Å². The van der Waals surface area contributed by atoms with E-state index in [0.717, 1.165) is 5.82 Å². The van der Waals surface area contributed by atoms with Crippen molar-refractivity contribution in [3.63, 3.8) is 0 Å². The van der Waals surface area contributed by atoms with Gasteiger partial charge < -0.3 is 9.32 Å². The minimum atomic E-state index is -0.309. The number of fused-ring (bicyclic) bond motifs is 1. The zero-order valence-electron chi connectivity index (χ0n) is 10.5. The molecule has 6 heteroatoms. The Morgan fingerprint density at radius 3 is 2.72 bits per heavy atom. The second kappa shape index (κ2) is 3.69. The molecule has 0 unspecified atom stereocenters. The molecule has 1 aliphatic rings. The summed E-state index contributed by atoms with van der Waals surface area (Å²) in [6.45, 7) is 3.79. The van der Waals surface area contributed by atoms with Crippen LogP contribution in [0.1, 0.15) is 31.8 Å². The van der Waals surface area contributed by atoms with Gasteiger partial charge in [-0.1, -0.05) is 0 Å². The summed E-state index contributed by atoms with van der Waals surface area (Å²) in [5, 5.41) is 8.34. The van der Waals surface area contributed by atoms with Crippen molar-refractivity contribution in [2.24, 2.45) is 0 Å². The molecule has 0 spiro atoms. The number of hydrogen-bond donors (Lipinski definition) is 0. The lowest BCUT2D eigenvalue weighted by Crippen LogP contribution is -2.41. The van der Waals surface area contributed by atoms with Crippen LogP contribution in [-0.2, 0) is 4.79 Å². The first-order valence-corrected chi connectivity index (χ1v) is 5.86. The standard InChI is InChI=1S/C12H14N4O2/c1-7-10-13-14-11(9-5-4-6-18-9)16(10)8(2)12(17)15(7)3/h4-8H,1-3H3/t7-,8-/m0/s1. The lowest BCUT2D eigenvalue weighted by atomic mass is 10.1. The third kappa shape index (κ3) is 1.32. The number of rotatable bonds is 1. The molecule has 6 nitrogen and oxygen atoms in total. The Hall–Kier alpha value is -2.11. The third-order valence-electron chi connectivity index (χ3n) is 3.51. The summed E-state index contributed by atoms with van der Waals surface area (Å²) in [6, 6.07) is 3.22. The SMILES string of the molecule is C[C@H]1c2nnc(-c3ccco3)n2[C@@H](C)C(=O)N1C. The molecule has 0 bridgehead atoms. The van der Waals surface area contributed by atoms with Crippen LogP contribution in [0.5, 0.6) is 0 Å². The molecule has 2 aromatic rings. The van der Waals surface area contributed by atoms with Gasteiger partial charge in [-0.05, 0) is 26.0 Å². The van der Waals surface area contributed by atoms with E-state index in [2.05, 4.69) is 10.2 Å². The van der Waals surface area contributed by atoms with Crippen molar-refractivity contribution in [1.82, 2.24) is 19.7 Å². The Balaban J connectivity index is 2.19. The summed E-state index contributed by atoms with van der Waals surface area (Å²) in [7, 11) is 1.79. The summed E-state index contributed by atoms with van der Waals surface area (Å²) < 4.78 is 7.19. The highest BCUT2D eigenvalue weighted by Gasteiger charge is 2.36. The molecule has 1 amide bonds. The molecule has 18 heavy (non-hydrogen) atoms. The molecule has 3 heterocycles. The predicted molar refractivity (Wildman–Crippen MR) is 63.6 cm³/mol. The lowest BCUT2D eigenvalue weighted by Gasteiger charge is -2.34. The Morgan fingerprint density at radius 1 is 1.28 bits per heavy atom. The van der Waals surface area contributed by atoms with Gasteiger partial charge in [0.1, 0.15) is 6.04 Å². The molecule has 0 radical (unpaired) electrons.